The van der Waals surface area contributed by atoms with E-state index in [0.29, 0.717) is 18.9 Å². The minimum Gasteiger partial charge on any atom is -0.481 e. The first-order valence-corrected chi connectivity index (χ1v) is 13.9. The highest BCUT2D eigenvalue weighted by atomic mass is 32.2. The van der Waals surface area contributed by atoms with Crippen LogP contribution in [0.4, 0.5) is 17.6 Å². The Morgan fingerprint density at radius 2 is 1.77 bits per heavy atom. The van der Waals surface area contributed by atoms with Crippen molar-refractivity contribution in [1.29, 1.82) is 0 Å². The molecule has 0 bridgehead atoms. The number of aryl methyl sites for hydroxylation is 2. The van der Waals surface area contributed by atoms with E-state index in [9.17, 15) is 35.9 Å². The molecule has 0 saturated carbocycles. The van der Waals surface area contributed by atoms with Gasteiger partial charge in [-0.3, -0.25) is 4.79 Å². The van der Waals surface area contributed by atoms with Crippen LogP contribution in [-0.2, 0) is 33.8 Å². The van der Waals surface area contributed by atoms with Crippen molar-refractivity contribution in [2.45, 2.75) is 75.1 Å². The average Bonchev–Trinajstić information content (AvgIpc) is 2.83. The van der Waals surface area contributed by atoms with Crippen LogP contribution in [0.5, 0.6) is 0 Å². The van der Waals surface area contributed by atoms with Crippen LogP contribution in [-0.4, -0.2) is 65.7 Å². The standard InChI is InChI=1S/C26H35F4N3O5S/c1-25(2,11-5-7-18-9-10-23(27)31-15-18)32-16-21(34)17-33(3)39(37,38)22-13-19(6-4-8-24(35)36)12-20(14-22)26(28,29)30/h9-10,12-15,21,32,34H,4-8,11,16-17H2,1-3H3,(H,35,36). The van der Waals surface area contributed by atoms with Gasteiger partial charge in [0.05, 0.1) is 16.6 Å². The molecular weight excluding hydrogens is 542 g/mol. The Kier molecular flexibility index (Phi) is 11.4. The highest BCUT2D eigenvalue weighted by Crippen LogP contribution is 2.33. The molecule has 0 aliphatic heterocycles. The van der Waals surface area contributed by atoms with Gasteiger partial charge in [0, 0.05) is 38.3 Å². The normalized spacial score (nSPS) is 13.6. The molecule has 218 valence electrons. The summed E-state index contributed by atoms with van der Waals surface area (Å²) in [5, 5.41) is 22.4. The van der Waals surface area contributed by atoms with Crippen molar-refractivity contribution in [3.05, 3.63) is 59.2 Å². The van der Waals surface area contributed by atoms with E-state index in [-0.39, 0.29) is 37.9 Å². The highest BCUT2D eigenvalue weighted by Gasteiger charge is 2.34. The van der Waals surface area contributed by atoms with Crippen molar-refractivity contribution in [1.82, 2.24) is 14.6 Å². The molecule has 0 radical (unpaired) electrons. The topological polar surface area (TPSA) is 120 Å². The molecule has 1 unspecified atom stereocenters. The summed E-state index contributed by atoms with van der Waals surface area (Å²) < 4.78 is 80.2. The van der Waals surface area contributed by atoms with Gasteiger partial charge in [-0.1, -0.05) is 6.07 Å². The Bertz CT molecular complexity index is 1210. The molecule has 8 nitrogen and oxygen atoms in total. The van der Waals surface area contributed by atoms with Crippen LogP contribution in [0, 0.1) is 5.95 Å². The van der Waals surface area contributed by atoms with Crippen LogP contribution < -0.4 is 5.32 Å². The van der Waals surface area contributed by atoms with E-state index in [2.05, 4.69) is 10.3 Å². The third-order valence-electron chi connectivity index (χ3n) is 6.20. The molecule has 0 amide bonds. The van der Waals surface area contributed by atoms with E-state index in [1.807, 2.05) is 13.8 Å². The second-order valence-electron chi connectivity index (χ2n) is 10.2. The zero-order valence-electron chi connectivity index (χ0n) is 22.1. The minimum atomic E-state index is -4.80. The minimum absolute atomic E-state index is 0.0357. The van der Waals surface area contributed by atoms with Gasteiger partial charge in [0.25, 0.3) is 0 Å². The summed E-state index contributed by atoms with van der Waals surface area (Å²) in [5.41, 5.74) is -0.627. The van der Waals surface area contributed by atoms with Gasteiger partial charge in [-0.25, -0.2) is 13.4 Å². The molecule has 1 aromatic heterocycles. The number of aliphatic hydroxyl groups excluding tert-OH is 1. The van der Waals surface area contributed by atoms with Gasteiger partial charge in [0.15, 0.2) is 0 Å². The van der Waals surface area contributed by atoms with Crippen LogP contribution in [0.2, 0.25) is 0 Å². The number of likely N-dealkylation sites (N-methyl/N-ethyl adjacent to an activating group) is 1. The molecule has 0 aliphatic carbocycles. The number of rotatable bonds is 15. The molecule has 39 heavy (non-hydrogen) atoms. The Morgan fingerprint density at radius 3 is 2.36 bits per heavy atom. The first-order chi connectivity index (χ1) is 18.0. The predicted molar refractivity (Wildman–Crippen MR) is 137 cm³/mol. The number of nitrogens with one attached hydrogen (secondary N) is 1. The number of sulfonamides is 1. The summed E-state index contributed by atoms with van der Waals surface area (Å²) >= 11 is 0. The number of carboxylic acid groups (broad SMARTS) is 1. The second-order valence-corrected chi connectivity index (χ2v) is 12.2. The number of hydrogen-bond donors (Lipinski definition) is 3. The molecule has 2 rings (SSSR count). The molecule has 1 aromatic carbocycles. The molecular formula is C26H35F4N3O5S. The van der Waals surface area contributed by atoms with Gasteiger partial charge in [-0.2, -0.15) is 21.9 Å². The maximum absolute atomic E-state index is 13.4. The molecule has 13 heteroatoms. The number of β-amino-alcohol motifs (C(OH)–C–C–N with tert-alkyl or cyclic N) is 1. The fourth-order valence-electron chi connectivity index (χ4n) is 3.97. The monoisotopic (exact) mass is 577 g/mol. The van der Waals surface area contributed by atoms with Gasteiger partial charge in [0.1, 0.15) is 0 Å². The Hall–Kier alpha value is -2.61. The number of aliphatic hydroxyl groups is 1. The van der Waals surface area contributed by atoms with Gasteiger partial charge < -0.3 is 15.5 Å². The van der Waals surface area contributed by atoms with E-state index < -0.39 is 50.2 Å². The van der Waals surface area contributed by atoms with Gasteiger partial charge in [-0.05, 0) is 81.3 Å². The fraction of sp³-hybridized carbons (Fsp3) is 0.538. The number of alkyl halides is 3. The summed E-state index contributed by atoms with van der Waals surface area (Å²) in [5.74, 6) is -1.66. The van der Waals surface area contributed by atoms with Crippen molar-refractivity contribution in [3.8, 4) is 0 Å². The van der Waals surface area contributed by atoms with E-state index in [1.165, 1.54) is 19.3 Å². The number of halogens is 4. The molecule has 0 aliphatic rings. The summed E-state index contributed by atoms with van der Waals surface area (Å²) in [6.07, 6.45) is -2.61. The molecule has 1 heterocycles. The Balaban J connectivity index is 2.00. The van der Waals surface area contributed by atoms with Crippen molar-refractivity contribution >= 4 is 16.0 Å². The van der Waals surface area contributed by atoms with Crippen molar-refractivity contribution < 1.29 is 41.0 Å². The van der Waals surface area contributed by atoms with E-state index in [1.54, 1.807) is 6.07 Å². The van der Waals surface area contributed by atoms with Crippen LogP contribution in [0.25, 0.3) is 0 Å². The molecule has 0 fully saturated rings. The number of hydrogen-bond acceptors (Lipinski definition) is 6. The highest BCUT2D eigenvalue weighted by molar-refractivity contribution is 7.89. The van der Waals surface area contributed by atoms with Gasteiger partial charge in [-0.15, -0.1) is 0 Å². The van der Waals surface area contributed by atoms with Crippen molar-refractivity contribution in [2.24, 2.45) is 0 Å². The third-order valence-corrected chi connectivity index (χ3v) is 8.00. The van der Waals surface area contributed by atoms with Crippen molar-refractivity contribution in [2.75, 3.05) is 20.1 Å². The van der Waals surface area contributed by atoms with Crippen LogP contribution >= 0.6 is 0 Å². The quantitative estimate of drug-likeness (QED) is 0.216. The molecule has 0 spiro atoms. The lowest BCUT2D eigenvalue weighted by Crippen LogP contribution is -2.46. The first-order valence-electron chi connectivity index (χ1n) is 12.4. The lowest BCUT2D eigenvalue weighted by Gasteiger charge is -2.29. The van der Waals surface area contributed by atoms with Crippen LogP contribution in [0.15, 0.2) is 41.4 Å². The number of nitrogens with zero attached hydrogens (tertiary/aromatic N) is 2. The van der Waals surface area contributed by atoms with Gasteiger partial charge >= 0.3 is 12.1 Å². The summed E-state index contributed by atoms with van der Waals surface area (Å²) in [6.45, 7) is 3.50. The number of carboxylic acids is 1. The number of carbonyl (C=O) groups is 1. The molecule has 2 aromatic rings. The maximum atomic E-state index is 13.4. The number of aliphatic carboxylic acids is 1. The van der Waals surface area contributed by atoms with Crippen molar-refractivity contribution in [3.63, 3.8) is 0 Å². The van der Waals surface area contributed by atoms with E-state index in [4.69, 9.17) is 5.11 Å². The lowest BCUT2D eigenvalue weighted by molar-refractivity contribution is -0.138. The second kappa shape index (κ2) is 13.6. The Labute approximate surface area is 226 Å². The first kappa shape index (κ1) is 32.6. The summed E-state index contributed by atoms with van der Waals surface area (Å²) in [4.78, 5) is 13.8. The number of aromatic nitrogens is 1. The molecule has 3 N–H and O–H groups in total. The van der Waals surface area contributed by atoms with Gasteiger partial charge in [0.2, 0.25) is 16.0 Å². The number of pyridine rings is 1. The van der Waals surface area contributed by atoms with Crippen LogP contribution in [0.3, 0.4) is 0 Å². The average molecular weight is 578 g/mol. The van der Waals surface area contributed by atoms with Crippen LogP contribution in [0.1, 0.15) is 56.2 Å². The SMILES string of the molecule is CN(CC(O)CNC(C)(C)CCCc1ccc(F)nc1)S(=O)(=O)c1cc(CCCC(=O)O)cc(C(F)(F)F)c1. The largest absolute Gasteiger partial charge is 0.481 e. The van der Waals surface area contributed by atoms with E-state index >= 15 is 0 Å². The zero-order chi connectivity index (χ0) is 29.4. The fourth-order valence-corrected chi connectivity index (χ4v) is 5.28. The third kappa shape index (κ3) is 10.8. The number of benzene rings is 1. The Morgan fingerprint density at radius 1 is 1.10 bits per heavy atom. The summed E-state index contributed by atoms with van der Waals surface area (Å²) in [7, 11) is -3.21. The molecule has 1 atom stereocenters. The maximum Gasteiger partial charge on any atom is 0.416 e. The lowest BCUT2D eigenvalue weighted by atomic mass is 9.95. The summed E-state index contributed by atoms with van der Waals surface area (Å²) in [6, 6.07) is 5.41. The predicted octanol–water partition coefficient (Wildman–Crippen LogP) is 4.02. The molecule has 0 saturated heterocycles. The smallest absolute Gasteiger partial charge is 0.416 e. The zero-order valence-corrected chi connectivity index (χ0v) is 22.9. The van der Waals surface area contributed by atoms with E-state index in [0.717, 1.165) is 28.4 Å².